The van der Waals surface area contributed by atoms with Crippen LogP contribution in [-0.2, 0) is 15.7 Å². The predicted octanol–water partition coefficient (Wildman–Crippen LogP) is 3.82. The van der Waals surface area contributed by atoms with Crippen molar-refractivity contribution in [2.24, 2.45) is 0 Å². The van der Waals surface area contributed by atoms with Crippen LogP contribution in [0.1, 0.15) is 12.0 Å². The number of rotatable bonds is 8. The molecule has 0 bridgehead atoms. The maximum atomic E-state index is 12.8. The minimum absolute atomic E-state index is 0.0557. The van der Waals surface area contributed by atoms with E-state index in [0.717, 1.165) is 6.07 Å². The molecule has 0 unspecified atom stereocenters. The van der Waals surface area contributed by atoms with Gasteiger partial charge in [0.05, 0.1) is 29.5 Å². The van der Waals surface area contributed by atoms with Gasteiger partial charge in [-0.05, 0) is 18.6 Å². The SMILES string of the molecule is COCCOCCCNc1c(Cl)cccc1C(F)(F)F. The maximum Gasteiger partial charge on any atom is 0.418 e. The molecular weight excluding hydrogens is 295 g/mol. The van der Waals surface area contributed by atoms with E-state index in [2.05, 4.69) is 5.32 Å². The molecule has 0 aromatic heterocycles. The number of anilines is 1. The Labute approximate surface area is 121 Å². The summed E-state index contributed by atoms with van der Waals surface area (Å²) in [4.78, 5) is 0. The molecular formula is C13H17ClF3NO2. The zero-order chi connectivity index (χ0) is 15.0. The second-order valence-corrected chi connectivity index (χ2v) is 4.45. The van der Waals surface area contributed by atoms with Gasteiger partial charge in [-0.1, -0.05) is 17.7 Å². The van der Waals surface area contributed by atoms with Crippen molar-refractivity contribution in [1.82, 2.24) is 0 Å². The summed E-state index contributed by atoms with van der Waals surface area (Å²) in [6.07, 6.45) is -3.85. The van der Waals surface area contributed by atoms with Crippen molar-refractivity contribution in [3.63, 3.8) is 0 Å². The molecule has 0 atom stereocenters. The number of halogens is 4. The van der Waals surface area contributed by atoms with E-state index in [1.807, 2.05) is 0 Å². The maximum absolute atomic E-state index is 12.8. The third-order valence-electron chi connectivity index (χ3n) is 2.52. The molecule has 0 spiro atoms. The third kappa shape index (κ3) is 5.56. The molecule has 7 heteroatoms. The van der Waals surface area contributed by atoms with Crippen LogP contribution in [0.4, 0.5) is 18.9 Å². The first kappa shape index (κ1) is 17.1. The van der Waals surface area contributed by atoms with Crippen LogP contribution < -0.4 is 5.32 Å². The van der Waals surface area contributed by atoms with Crippen molar-refractivity contribution in [2.45, 2.75) is 12.6 Å². The van der Waals surface area contributed by atoms with Crippen molar-refractivity contribution >= 4 is 17.3 Å². The van der Waals surface area contributed by atoms with Crippen LogP contribution in [0.5, 0.6) is 0 Å². The highest BCUT2D eigenvalue weighted by Gasteiger charge is 2.34. The number of alkyl halides is 3. The molecule has 0 saturated carbocycles. The van der Waals surface area contributed by atoms with Crippen LogP contribution in [-0.4, -0.2) is 33.5 Å². The molecule has 0 aliphatic heterocycles. The fourth-order valence-electron chi connectivity index (χ4n) is 1.57. The first-order valence-corrected chi connectivity index (χ1v) is 6.51. The molecule has 1 N–H and O–H groups in total. The number of methoxy groups -OCH3 is 1. The highest BCUT2D eigenvalue weighted by molar-refractivity contribution is 6.33. The van der Waals surface area contributed by atoms with E-state index in [1.165, 1.54) is 12.1 Å². The molecule has 3 nitrogen and oxygen atoms in total. The van der Waals surface area contributed by atoms with Gasteiger partial charge in [0.2, 0.25) is 0 Å². The van der Waals surface area contributed by atoms with Crippen LogP contribution in [0.25, 0.3) is 0 Å². The topological polar surface area (TPSA) is 30.5 Å². The fraction of sp³-hybridized carbons (Fsp3) is 0.538. The van der Waals surface area contributed by atoms with Crippen LogP contribution >= 0.6 is 11.6 Å². The first-order chi connectivity index (χ1) is 9.46. The van der Waals surface area contributed by atoms with E-state index in [4.69, 9.17) is 21.1 Å². The number of hydrogen-bond donors (Lipinski definition) is 1. The summed E-state index contributed by atoms with van der Waals surface area (Å²) in [6.45, 7) is 1.76. The number of ether oxygens (including phenoxy) is 2. The normalized spacial score (nSPS) is 11.7. The van der Waals surface area contributed by atoms with Crippen molar-refractivity contribution in [3.05, 3.63) is 28.8 Å². The summed E-state index contributed by atoms with van der Waals surface area (Å²) in [5, 5.41) is 2.77. The Hall–Kier alpha value is -0.980. The molecule has 0 aliphatic rings. The average Bonchev–Trinajstić information content (AvgIpc) is 2.38. The summed E-state index contributed by atoms with van der Waals surface area (Å²) in [5.74, 6) is 0. The summed E-state index contributed by atoms with van der Waals surface area (Å²) in [6, 6.07) is 3.71. The number of para-hydroxylation sites is 1. The fourth-order valence-corrected chi connectivity index (χ4v) is 1.81. The molecule has 1 aromatic carbocycles. The van der Waals surface area contributed by atoms with Crippen molar-refractivity contribution < 1.29 is 22.6 Å². The van der Waals surface area contributed by atoms with E-state index in [0.29, 0.717) is 32.8 Å². The summed E-state index contributed by atoms with van der Waals surface area (Å²) < 4.78 is 48.4. The van der Waals surface area contributed by atoms with Gasteiger partial charge in [0, 0.05) is 20.3 Å². The third-order valence-corrected chi connectivity index (χ3v) is 2.83. The number of nitrogens with one attached hydrogen (secondary N) is 1. The van der Waals surface area contributed by atoms with Crippen molar-refractivity contribution in [3.8, 4) is 0 Å². The van der Waals surface area contributed by atoms with Crippen LogP contribution in [0.15, 0.2) is 18.2 Å². The van der Waals surface area contributed by atoms with Gasteiger partial charge in [0.1, 0.15) is 0 Å². The van der Waals surface area contributed by atoms with Crippen LogP contribution in [0.3, 0.4) is 0 Å². The molecule has 0 aliphatic carbocycles. The van der Waals surface area contributed by atoms with Gasteiger partial charge in [-0.15, -0.1) is 0 Å². The van der Waals surface area contributed by atoms with Gasteiger partial charge in [-0.2, -0.15) is 13.2 Å². The lowest BCUT2D eigenvalue weighted by molar-refractivity contribution is -0.136. The lowest BCUT2D eigenvalue weighted by atomic mass is 10.1. The van der Waals surface area contributed by atoms with Gasteiger partial charge in [0.25, 0.3) is 0 Å². The molecule has 114 valence electrons. The Kier molecular flexibility index (Phi) is 7.12. The molecule has 1 rings (SSSR count). The van der Waals surface area contributed by atoms with E-state index in [1.54, 1.807) is 7.11 Å². The van der Waals surface area contributed by atoms with E-state index >= 15 is 0 Å². The van der Waals surface area contributed by atoms with Gasteiger partial charge >= 0.3 is 6.18 Å². The molecule has 1 aromatic rings. The Balaban J connectivity index is 2.47. The highest BCUT2D eigenvalue weighted by atomic mass is 35.5. The molecule has 0 fully saturated rings. The first-order valence-electron chi connectivity index (χ1n) is 6.13. The molecule has 0 heterocycles. The largest absolute Gasteiger partial charge is 0.418 e. The van der Waals surface area contributed by atoms with E-state index in [9.17, 15) is 13.2 Å². The quantitative estimate of drug-likeness (QED) is 0.740. The molecule has 0 amide bonds. The summed E-state index contributed by atoms with van der Waals surface area (Å²) in [5.41, 5.74) is -0.844. The van der Waals surface area contributed by atoms with Gasteiger partial charge < -0.3 is 14.8 Å². The predicted molar refractivity (Wildman–Crippen MR) is 72.3 cm³/mol. The lowest BCUT2D eigenvalue weighted by Crippen LogP contribution is -2.13. The van der Waals surface area contributed by atoms with Gasteiger partial charge in [0.15, 0.2) is 0 Å². The Bertz CT molecular complexity index is 413. The molecule has 0 saturated heterocycles. The van der Waals surface area contributed by atoms with Crippen LogP contribution in [0.2, 0.25) is 5.02 Å². The zero-order valence-electron chi connectivity index (χ0n) is 11.1. The van der Waals surface area contributed by atoms with Gasteiger partial charge in [-0.25, -0.2) is 0 Å². The second-order valence-electron chi connectivity index (χ2n) is 4.05. The highest BCUT2D eigenvalue weighted by Crippen LogP contribution is 2.38. The minimum Gasteiger partial charge on any atom is -0.383 e. The molecule has 0 radical (unpaired) electrons. The lowest BCUT2D eigenvalue weighted by Gasteiger charge is -2.15. The van der Waals surface area contributed by atoms with Crippen LogP contribution in [0, 0.1) is 0 Å². The van der Waals surface area contributed by atoms with E-state index in [-0.39, 0.29) is 10.7 Å². The minimum atomic E-state index is -4.43. The molecule has 20 heavy (non-hydrogen) atoms. The Morgan fingerprint density at radius 2 is 1.95 bits per heavy atom. The van der Waals surface area contributed by atoms with Gasteiger partial charge in [-0.3, -0.25) is 0 Å². The second kappa shape index (κ2) is 8.34. The standard InChI is InChI=1S/C13H17ClF3NO2/c1-19-8-9-20-7-3-6-18-12-10(13(15,16)17)4-2-5-11(12)14/h2,4-5,18H,3,6-9H2,1H3. The average molecular weight is 312 g/mol. The van der Waals surface area contributed by atoms with Crippen molar-refractivity contribution in [2.75, 3.05) is 38.8 Å². The number of hydrogen-bond acceptors (Lipinski definition) is 3. The monoisotopic (exact) mass is 311 g/mol. The number of benzene rings is 1. The van der Waals surface area contributed by atoms with Crippen molar-refractivity contribution in [1.29, 1.82) is 0 Å². The van der Waals surface area contributed by atoms with E-state index < -0.39 is 11.7 Å². The summed E-state index contributed by atoms with van der Waals surface area (Å²) in [7, 11) is 1.57. The Morgan fingerprint density at radius 1 is 1.20 bits per heavy atom. The summed E-state index contributed by atoms with van der Waals surface area (Å²) >= 11 is 5.81. The Morgan fingerprint density at radius 3 is 2.60 bits per heavy atom. The smallest absolute Gasteiger partial charge is 0.383 e. The zero-order valence-corrected chi connectivity index (χ0v) is 11.9.